The molecule has 1 N–H and O–H groups in total. The highest BCUT2D eigenvalue weighted by atomic mass is 19.3. The van der Waals surface area contributed by atoms with Crippen molar-refractivity contribution >= 4 is 5.91 Å². The SMILES string of the molecule is COc1c(C#N)ccc(F)c1CNC(=O)c1cc(F)cnc1OC(F)F. The third-order valence-corrected chi connectivity index (χ3v) is 3.22. The van der Waals surface area contributed by atoms with Gasteiger partial charge >= 0.3 is 6.61 Å². The molecule has 1 amide bonds. The van der Waals surface area contributed by atoms with Gasteiger partial charge in [-0.15, -0.1) is 0 Å². The van der Waals surface area contributed by atoms with Crippen LogP contribution < -0.4 is 14.8 Å². The van der Waals surface area contributed by atoms with Crippen LogP contribution >= 0.6 is 0 Å². The van der Waals surface area contributed by atoms with Crippen molar-refractivity contribution in [1.82, 2.24) is 10.3 Å². The molecular weight excluding hydrogens is 358 g/mol. The van der Waals surface area contributed by atoms with Crippen molar-refractivity contribution in [3.63, 3.8) is 0 Å². The summed E-state index contributed by atoms with van der Waals surface area (Å²) in [5, 5.41) is 11.2. The Balaban J connectivity index is 2.28. The number of hydrogen-bond acceptors (Lipinski definition) is 5. The molecule has 0 aliphatic heterocycles. The average molecular weight is 369 g/mol. The molecular formula is C16H11F4N3O3. The van der Waals surface area contributed by atoms with Crippen molar-refractivity contribution in [2.75, 3.05) is 7.11 Å². The Morgan fingerprint density at radius 3 is 2.73 bits per heavy atom. The summed E-state index contributed by atoms with van der Waals surface area (Å²) in [6.45, 7) is -3.72. The predicted octanol–water partition coefficient (Wildman–Crippen LogP) is 2.77. The van der Waals surface area contributed by atoms with Gasteiger partial charge in [0.15, 0.2) is 0 Å². The average Bonchev–Trinajstić information content (AvgIpc) is 2.61. The zero-order valence-electron chi connectivity index (χ0n) is 13.2. The molecule has 0 saturated carbocycles. The Bertz CT molecular complexity index is 869. The van der Waals surface area contributed by atoms with Crippen molar-refractivity contribution < 1.29 is 31.8 Å². The van der Waals surface area contributed by atoms with Crippen LogP contribution in [0.2, 0.25) is 0 Å². The molecule has 136 valence electrons. The molecule has 0 unspecified atom stereocenters. The third kappa shape index (κ3) is 4.18. The lowest BCUT2D eigenvalue weighted by atomic mass is 10.1. The number of benzene rings is 1. The number of nitriles is 1. The fourth-order valence-corrected chi connectivity index (χ4v) is 2.12. The lowest BCUT2D eigenvalue weighted by Gasteiger charge is -2.13. The Labute approximate surface area is 145 Å². The van der Waals surface area contributed by atoms with Crippen LogP contribution in [0.3, 0.4) is 0 Å². The van der Waals surface area contributed by atoms with Crippen LogP contribution in [-0.2, 0) is 6.54 Å². The van der Waals surface area contributed by atoms with Gasteiger partial charge in [-0.2, -0.15) is 14.0 Å². The summed E-state index contributed by atoms with van der Waals surface area (Å²) in [4.78, 5) is 15.5. The van der Waals surface area contributed by atoms with E-state index in [4.69, 9.17) is 10.00 Å². The van der Waals surface area contributed by atoms with E-state index >= 15 is 0 Å². The monoisotopic (exact) mass is 369 g/mol. The number of hydrogen-bond donors (Lipinski definition) is 1. The Morgan fingerprint density at radius 1 is 1.38 bits per heavy atom. The molecule has 0 atom stereocenters. The molecule has 1 heterocycles. The Hall–Kier alpha value is -3.35. The summed E-state index contributed by atoms with van der Waals surface area (Å²) in [6, 6.07) is 4.67. The number of alkyl halides is 2. The number of halogens is 4. The molecule has 2 aromatic rings. The first-order chi connectivity index (χ1) is 12.4. The number of aromatic nitrogens is 1. The van der Waals surface area contributed by atoms with E-state index in [0.29, 0.717) is 12.3 Å². The largest absolute Gasteiger partial charge is 0.495 e. The summed E-state index contributed by atoms with van der Waals surface area (Å²) in [6.07, 6.45) is 0.605. The molecule has 0 aliphatic carbocycles. The van der Waals surface area contributed by atoms with Crippen LogP contribution in [0.15, 0.2) is 24.4 Å². The number of carbonyl (C=O) groups excluding carboxylic acids is 1. The van der Waals surface area contributed by atoms with Crippen molar-refractivity contribution in [3.8, 4) is 17.7 Å². The van der Waals surface area contributed by atoms with Crippen molar-refractivity contribution in [3.05, 3.63) is 52.7 Å². The van der Waals surface area contributed by atoms with E-state index in [9.17, 15) is 22.4 Å². The first-order valence-corrected chi connectivity index (χ1v) is 7.01. The molecule has 6 nitrogen and oxygen atoms in total. The standard InChI is InChI=1S/C16H11F4N3O3/c1-25-13-8(5-21)2-3-12(18)11(13)7-22-14(24)10-4-9(17)6-23-15(10)26-16(19)20/h2-4,6,16H,7H2,1H3,(H,22,24). The van der Waals surface area contributed by atoms with Crippen LogP contribution in [0.1, 0.15) is 21.5 Å². The Kier molecular flexibility index (Phi) is 5.95. The zero-order chi connectivity index (χ0) is 19.3. The fourth-order valence-electron chi connectivity index (χ4n) is 2.12. The van der Waals surface area contributed by atoms with E-state index in [0.717, 1.165) is 6.07 Å². The first kappa shape index (κ1) is 19.0. The summed E-state index contributed by atoms with van der Waals surface area (Å²) in [7, 11) is 1.21. The predicted molar refractivity (Wildman–Crippen MR) is 79.7 cm³/mol. The van der Waals surface area contributed by atoms with Crippen LogP contribution in [-0.4, -0.2) is 24.6 Å². The maximum atomic E-state index is 14.0. The van der Waals surface area contributed by atoms with Crippen molar-refractivity contribution in [2.45, 2.75) is 13.2 Å². The molecule has 1 aromatic heterocycles. The molecule has 0 fully saturated rings. The number of nitrogens with zero attached hydrogens (tertiary/aromatic N) is 2. The van der Waals surface area contributed by atoms with E-state index in [1.54, 1.807) is 6.07 Å². The van der Waals surface area contributed by atoms with Crippen molar-refractivity contribution in [1.29, 1.82) is 5.26 Å². The van der Waals surface area contributed by atoms with Crippen LogP contribution in [0.25, 0.3) is 0 Å². The summed E-state index contributed by atoms with van der Waals surface area (Å²) in [5.41, 5.74) is -0.700. The third-order valence-electron chi connectivity index (χ3n) is 3.22. The van der Waals surface area contributed by atoms with Gasteiger partial charge < -0.3 is 14.8 Å². The first-order valence-electron chi connectivity index (χ1n) is 7.01. The minimum Gasteiger partial charge on any atom is -0.495 e. The number of ether oxygens (including phenoxy) is 2. The molecule has 0 spiro atoms. The second-order valence-corrected chi connectivity index (χ2v) is 4.79. The van der Waals surface area contributed by atoms with E-state index in [1.165, 1.54) is 13.2 Å². The van der Waals surface area contributed by atoms with E-state index in [-0.39, 0.29) is 16.9 Å². The highest BCUT2D eigenvalue weighted by molar-refractivity contribution is 5.96. The lowest BCUT2D eigenvalue weighted by Crippen LogP contribution is -2.25. The maximum absolute atomic E-state index is 14.0. The smallest absolute Gasteiger partial charge is 0.388 e. The molecule has 0 aliphatic rings. The maximum Gasteiger partial charge on any atom is 0.388 e. The van der Waals surface area contributed by atoms with E-state index in [1.807, 2.05) is 0 Å². The van der Waals surface area contributed by atoms with Gasteiger partial charge in [-0.1, -0.05) is 0 Å². The van der Waals surface area contributed by atoms with Crippen LogP contribution in [0.4, 0.5) is 17.6 Å². The quantitative estimate of drug-likeness (QED) is 0.792. The van der Waals surface area contributed by atoms with Crippen LogP contribution in [0.5, 0.6) is 11.6 Å². The topological polar surface area (TPSA) is 84.2 Å². The van der Waals surface area contributed by atoms with Gasteiger partial charge in [0.1, 0.15) is 29.0 Å². The second kappa shape index (κ2) is 8.15. The number of rotatable bonds is 6. The Morgan fingerprint density at radius 2 is 2.12 bits per heavy atom. The minimum atomic E-state index is -3.27. The molecule has 10 heteroatoms. The van der Waals surface area contributed by atoms with E-state index < -0.39 is 42.1 Å². The molecule has 0 bridgehead atoms. The number of nitrogens with one attached hydrogen (secondary N) is 1. The number of carbonyl (C=O) groups is 1. The fraction of sp³-hybridized carbons (Fsp3) is 0.188. The zero-order valence-corrected chi connectivity index (χ0v) is 13.2. The van der Waals surface area contributed by atoms with Gasteiger partial charge in [-0.25, -0.2) is 13.8 Å². The normalized spacial score (nSPS) is 10.3. The highest BCUT2D eigenvalue weighted by Gasteiger charge is 2.20. The number of pyridine rings is 1. The van der Waals surface area contributed by atoms with Gasteiger partial charge in [0.05, 0.1) is 24.4 Å². The van der Waals surface area contributed by atoms with Gasteiger partial charge in [-0.05, 0) is 18.2 Å². The van der Waals surface area contributed by atoms with Gasteiger partial charge in [0, 0.05) is 6.54 Å². The molecule has 0 radical (unpaired) electrons. The molecule has 2 rings (SSSR count). The lowest BCUT2D eigenvalue weighted by molar-refractivity contribution is -0.0532. The summed E-state index contributed by atoms with van der Waals surface area (Å²) in [5.74, 6) is -3.61. The van der Waals surface area contributed by atoms with Gasteiger partial charge in [0.2, 0.25) is 5.88 Å². The molecule has 1 aromatic carbocycles. The van der Waals surface area contributed by atoms with E-state index in [2.05, 4.69) is 15.0 Å². The van der Waals surface area contributed by atoms with Gasteiger partial charge in [0.25, 0.3) is 5.91 Å². The van der Waals surface area contributed by atoms with Crippen molar-refractivity contribution in [2.24, 2.45) is 0 Å². The van der Waals surface area contributed by atoms with Crippen LogP contribution in [0, 0.1) is 23.0 Å². The number of amides is 1. The number of methoxy groups -OCH3 is 1. The van der Waals surface area contributed by atoms with Gasteiger partial charge in [-0.3, -0.25) is 4.79 Å². The second-order valence-electron chi connectivity index (χ2n) is 4.79. The highest BCUT2D eigenvalue weighted by Crippen LogP contribution is 2.26. The molecule has 26 heavy (non-hydrogen) atoms. The summed E-state index contributed by atoms with van der Waals surface area (Å²) >= 11 is 0. The minimum absolute atomic E-state index is 0.0345. The molecule has 0 saturated heterocycles. The summed E-state index contributed by atoms with van der Waals surface area (Å²) < 4.78 is 61.0.